The van der Waals surface area contributed by atoms with Gasteiger partial charge in [-0.2, -0.15) is 0 Å². The predicted octanol–water partition coefficient (Wildman–Crippen LogP) is 3.58. The van der Waals surface area contributed by atoms with Crippen LogP contribution in [0.5, 0.6) is 0 Å². The van der Waals surface area contributed by atoms with Crippen molar-refractivity contribution in [2.45, 2.75) is 13.5 Å². The number of para-hydroxylation sites is 2. The number of anilines is 2. The lowest BCUT2D eigenvalue weighted by Crippen LogP contribution is -2.12. The first kappa shape index (κ1) is 14.8. The van der Waals surface area contributed by atoms with Crippen molar-refractivity contribution in [3.05, 3.63) is 63.7 Å². The van der Waals surface area contributed by atoms with E-state index in [1.165, 1.54) is 0 Å². The van der Waals surface area contributed by atoms with Crippen molar-refractivity contribution >= 4 is 17.1 Å². The van der Waals surface area contributed by atoms with Crippen molar-refractivity contribution in [3.8, 4) is 0 Å². The lowest BCUT2D eigenvalue weighted by atomic mass is 10.1. The fourth-order valence-corrected chi connectivity index (χ4v) is 2.17. The Balaban J connectivity index is 2.17. The van der Waals surface area contributed by atoms with Crippen molar-refractivity contribution in [3.63, 3.8) is 0 Å². The summed E-state index contributed by atoms with van der Waals surface area (Å²) in [5.74, 6) is 0. The monoisotopic (exact) mass is 285 g/mol. The van der Waals surface area contributed by atoms with Gasteiger partial charge in [0.05, 0.1) is 16.3 Å². The van der Waals surface area contributed by atoms with E-state index in [9.17, 15) is 10.1 Å². The summed E-state index contributed by atoms with van der Waals surface area (Å²) >= 11 is 0. The average Bonchev–Trinajstić information content (AvgIpc) is 2.46. The maximum atomic E-state index is 11.0. The minimum Gasteiger partial charge on any atom is -0.379 e. The van der Waals surface area contributed by atoms with E-state index in [0.717, 1.165) is 16.9 Å². The Labute approximate surface area is 124 Å². The maximum Gasteiger partial charge on any atom is 0.272 e. The molecule has 0 aromatic heterocycles. The molecule has 0 heterocycles. The first-order valence-electron chi connectivity index (χ1n) is 6.73. The number of benzene rings is 2. The number of hydrogen-bond donors (Lipinski definition) is 1. The molecule has 0 saturated carbocycles. The molecule has 0 unspecified atom stereocenters. The third kappa shape index (κ3) is 3.51. The largest absolute Gasteiger partial charge is 0.379 e. The first-order chi connectivity index (χ1) is 9.99. The minimum atomic E-state index is -0.341. The molecule has 0 fully saturated rings. The summed E-state index contributed by atoms with van der Waals surface area (Å²) in [6.07, 6.45) is 0. The number of nitrogens with zero attached hydrogens (tertiary/aromatic N) is 2. The molecule has 0 aliphatic carbocycles. The van der Waals surface area contributed by atoms with Crippen molar-refractivity contribution in [2.75, 3.05) is 24.3 Å². The van der Waals surface area contributed by atoms with Gasteiger partial charge < -0.3 is 10.2 Å². The van der Waals surface area contributed by atoms with E-state index in [1.54, 1.807) is 19.1 Å². The van der Waals surface area contributed by atoms with E-state index >= 15 is 0 Å². The van der Waals surface area contributed by atoms with Gasteiger partial charge in [0.1, 0.15) is 0 Å². The number of aryl methyl sites for hydroxylation is 1. The molecule has 0 radical (unpaired) electrons. The van der Waals surface area contributed by atoms with Crippen LogP contribution in [0.2, 0.25) is 0 Å². The molecule has 5 nitrogen and oxygen atoms in total. The van der Waals surface area contributed by atoms with Crippen LogP contribution < -0.4 is 10.2 Å². The van der Waals surface area contributed by atoms with E-state index in [0.29, 0.717) is 12.1 Å². The second-order valence-corrected chi connectivity index (χ2v) is 5.14. The minimum absolute atomic E-state index is 0.162. The normalized spacial score (nSPS) is 10.2. The molecule has 0 atom stereocenters. The summed E-state index contributed by atoms with van der Waals surface area (Å²) in [4.78, 5) is 12.7. The highest BCUT2D eigenvalue weighted by atomic mass is 16.6. The van der Waals surface area contributed by atoms with Crippen LogP contribution in [-0.2, 0) is 6.54 Å². The number of nitro groups is 1. The summed E-state index contributed by atoms with van der Waals surface area (Å²) in [5, 5.41) is 14.3. The van der Waals surface area contributed by atoms with Gasteiger partial charge in [0.15, 0.2) is 0 Å². The molecular formula is C16H19N3O2. The number of hydrogen-bond acceptors (Lipinski definition) is 4. The Hall–Kier alpha value is -2.56. The van der Waals surface area contributed by atoms with Crippen LogP contribution in [0.15, 0.2) is 42.5 Å². The molecule has 110 valence electrons. The molecule has 0 amide bonds. The molecule has 0 aliphatic rings. The zero-order valence-corrected chi connectivity index (χ0v) is 12.5. The summed E-state index contributed by atoms with van der Waals surface area (Å²) in [6.45, 7) is 2.29. The summed E-state index contributed by atoms with van der Waals surface area (Å²) in [7, 11) is 3.97. The molecule has 2 aromatic rings. The van der Waals surface area contributed by atoms with Crippen LogP contribution >= 0.6 is 0 Å². The van der Waals surface area contributed by atoms with E-state index in [1.807, 2.05) is 49.3 Å². The first-order valence-corrected chi connectivity index (χ1v) is 6.73. The Morgan fingerprint density at radius 3 is 2.57 bits per heavy atom. The molecule has 21 heavy (non-hydrogen) atoms. The Kier molecular flexibility index (Phi) is 4.42. The molecule has 2 aromatic carbocycles. The van der Waals surface area contributed by atoms with Gasteiger partial charge in [-0.25, -0.2) is 0 Å². The van der Waals surface area contributed by atoms with Crippen LogP contribution in [-0.4, -0.2) is 19.0 Å². The van der Waals surface area contributed by atoms with Crippen LogP contribution in [0, 0.1) is 17.0 Å². The highest BCUT2D eigenvalue weighted by molar-refractivity contribution is 5.69. The summed E-state index contributed by atoms with van der Waals surface area (Å²) < 4.78 is 0. The topological polar surface area (TPSA) is 58.4 Å². The van der Waals surface area contributed by atoms with Gasteiger partial charge in [-0.1, -0.05) is 24.3 Å². The molecule has 0 aliphatic heterocycles. The Morgan fingerprint density at radius 2 is 1.90 bits per heavy atom. The zero-order chi connectivity index (χ0) is 15.4. The smallest absolute Gasteiger partial charge is 0.272 e. The standard InChI is InChI=1S/C16H19N3O2/c1-12-8-9-13(10-16(12)19(20)21)11-17-14-6-4-5-7-15(14)18(2)3/h4-10,17H,11H2,1-3H3. The Morgan fingerprint density at radius 1 is 1.19 bits per heavy atom. The number of nitrogens with one attached hydrogen (secondary N) is 1. The van der Waals surface area contributed by atoms with E-state index in [-0.39, 0.29) is 10.6 Å². The van der Waals surface area contributed by atoms with Crippen LogP contribution in [0.3, 0.4) is 0 Å². The third-order valence-electron chi connectivity index (χ3n) is 3.34. The number of rotatable bonds is 5. The van der Waals surface area contributed by atoms with Gasteiger partial charge in [0, 0.05) is 32.3 Å². The zero-order valence-electron chi connectivity index (χ0n) is 12.5. The second kappa shape index (κ2) is 6.26. The molecule has 2 rings (SSSR count). The summed E-state index contributed by atoms with van der Waals surface area (Å²) in [6, 6.07) is 13.3. The molecule has 5 heteroatoms. The Bertz CT molecular complexity index is 654. The molecule has 1 N–H and O–H groups in total. The highest BCUT2D eigenvalue weighted by Gasteiger charge is 2.11. The average molecular weight is 285 g/mol. The highest BCUT2D eigenvalue weighted by Crippen LogP contribution is 2.25. The van der Waals surface area contributed by atoms with Crippen LogP contribution in [0.4, 0.5) is 17.1 Å². The van der Waals surface area contributed by atoms with E-state index < -0.39 is 0 Å². The van der Waals surface area contributed by atoms with Crippen LogP contribution in [0.25, 0.3) is 0 Å². The quantitative estimate of drug-likeness (QED) is 0.674. The van der Waals surface area contributed by atoms with Gasteiger partial charge in [0.25, 0.3) is 5.69 Å². The van der Waals surface area contributed by atoms with Gasteiger partial charge >= 0.3 is 0 Å². The molecular weight excluding hydrogens is 266 g/mol. The van der Waals surface area contributed by atoms with E-state index in [4.69, 9.17) is 0 Å². The maximum absolute atomic E-state index is 11.0. The molecule has 0 saturated heterocycles. The second-order valence-electron chi connectivity index (χ2n) is 5.14. The third-order valence-corrected chi connectivity index (χ3v) is 3.34. The lowest BCUT2D eigenvalue weighted by molar-refractivity contribution is -0.385. The van der Waals surface area contributed by atoms with Crippen molar-refractivity contribution in [2.24, 2.45) is 0 Å². The molecule has 0 spiro atoms. The van der Waals surface area contributed by atoms with Gasteiger partial charge in [-0.05, 0) is 24.6 Å². The lowest BCUT2D eigenvalue weighted by Gasteiger charge is -2.18. The van der Waals surface area contributed by atoms with Crippen molar-refractivity contribution < 1.29 is 4.92 Å². The summed E-state index contributed by atoms with van der Waals surface area (Å²) in [5.41, 5.74) is 3.82. The molecule has 0 bridgehead atoms. The van der Waals surface area contributed by atoms with Crippen molar-refractivity contribution in [1.29, 1.82) is 0 Å². The fourth-order valence-electron chi connectivity index (χ4n) is 2.17. The van der Waals surface area contributed by atoms with Crippen LogP contribution in [0.1, 0.15) is 11.1 Å². The SMILES string of the molecule is Cc1ccc(CNc2ccccc2N(C)C)cc1[N+](=O)[O-]. The fraction of sp³-hybridized carbons (Fsp3) is 0.250. The van der Waals surface area contributed by atoms with Crippen molar-refractivity contribution in [1.82, 2.24) is 0 Å². The predicted molar refractivity (Wildman–Crippen MR) is 85.9 cm³/mol. The van der Waals surface area contributed by atoms with Gasteiger partial charge in [0.2, 0.25) is 0 Å². The number of nitro benzene ring substituents is 1. The van der Waals surface area contributed by atoms with Gasteiger partial charge in [-0.15, -0.1) is 0 Å². The van der Waals surface area contributed by atoms with Gasteiger partial charge in [-0.3, -0.25) is 10.1 Å². The van der Waals surface area contributed by atoms with E-state index in [2.05, 4.69) is 5.32 Å².